The molecule has 14 nitrogen and oxygen atoms in total. The van der Waals surface area contributed by atoms with Crippen LogP contribution in [-0.4, -0.2) is 81.0 Å². The third-order valence-corrected chi connectivity index (χ3v) is 8.50. The van der Waals surface area contributed by atoms with E-state index in [4.69, 9.17) is 16.3 Å². The molecule has 0 fully saturated rings. The van der Waals surface area contributed by atoms with Gasteiger partial charge in [-0.25, -0.2) is 13.2 Å². The third kappa shape index (κ3) is 13.5. The van der Waals surface area contributed by atoms with Gasteiger partial charge in [0.05, 0.1) is 12.5 Å². The van der Waals surface area contributed by atoms with Gasteiger partial charge in [0.15, 0.2) is 9.84 Å². The molecule has 0 bridgehead atoms. The lowest BCUT2D eigenvalue weighted by Crippen LogP contribution is -2.56. The van der Waals surface area contributed by atoms with Crippen LogP contribution in [0.2, 0.25) is 0 Å². The van der Waals surface area contributed by atoms with Crippen LogP contribution in [-0.2, 0) is 40.4 Å². The number of sulfone groups is 1. The summed E-state index contributed by atoms with van der Waals surface area (Å²) >= 11 is 5.93. The molecule has 0 saturated carbocycles. The summed E-state index contributed by atoms with van der Waals surface area (Å²) in [4.78, 5) is 68.5. The second kappa shape index (κ2) is 19.2. The smallest absolute Gasteiger partial charge is 0.408 e. The van der Waals surface area contributed by atoms with Crippen LogP contribution >= 0.6 is 11.6 Å². The molecule has 16 heteroatoms. The number of carboxylic acid groups (broad SMARTS) is 1. The zero-order chi connectivity index (χ0) is 35.9. The second-order valence-electron chi connectivity index (χ2n) is 11.0. The summed E-state index contributed by atoms with van der Waals surface area (Å²) in [6, 6.07) is 11.6. The van der Waals surface area contributed by atoms with Crippen molar-refractivity contribution < 1.29 is 42.2 Å². The molecule has 260 valence electrons. The Bertz CT molecular complexity index is 1590. The van der Waals surface area contributed by atoms with Crippen LogP contribution < -0.4 is 21.3 Å². The molecule has 4 atom stereocenters. The second-order valence-corrected chi connectivity index (χ2v) is 13.6. The number of alkyl carbamates (subject to hydrolysis) is 1. The molecule has 0 unspecified atom stereocenters. The standard InChI is InChI=1S/C32H40ClN5O9S/c1-20(2)27(30(42)35-23(15-16-34-3)17-25(33)48(4,45)46)37-31(43)28(22-13-9-6-10-14-22)38-29(41)24(18-26(39)40)36-32(44)47-19-21-11-7-5-8-12-21/h5-14,16-17,20,23-24,27-28H,15,18-19H2,1-4H3,(H,35,42)(H,36,44)(H,37,43)(H,38,41)(H,39,40)/b25-17+,34-16+/t23-,24-,27-,28-/m0/s1. The van der Waals surface area contributed by atoms with Crippen molar-refractivity contribution in [2.45, 2.75) is 57.5 Å². The Balaban J connectivity index is 2.29. The Hall–Kier alpha value is -4.76. The van der Waals surface area contributed by atoms with Crippen LogP contribution in [0.15, 0.2) is 76.1 Å². The van der Waals surface area contributed by atoms with Gasteiger partial charge in [-0.1, -0.05) is 86.1 Å². The van der Waals surface area contributed by atoms with Crippen molar-refractivity contribution >= 4 is 57.4 Å². The first-order valence-electron chi connectivity index (χ1n) is 14.7. The summed E-state index contributed by atoms with van der Waals surface area (Å²) in [5, 5.41) is 19.4. The number of carbonyl (C=O) groups is 5. The van der Waals surface area contributed by atoms with Crippen molar-refractivity contribution in [2.24, 2.45) is 10.9 Å². The molecule has 0 saturated heterocycles. The lowest BCUT2D eigenvalue weighted by Gasteiger charge is -2.27. The quantitative estimate of drug-likeness (QED) is 0.153. The zero-order valence-electron chi connectivity index (χ0n) is 26.9. The van der Waals surface area contributed by atoms with Crippen LogP contribution in [0.25, 0.3) is 0 Å². The Kier molecular flexibility index (Phi) is 15.7. The van der Waals surface area contributed by atoms with E-state index < -0.39 is 80.5 Å². The molecular weight excluding hydrogens is 666 g/mol. The number of hydrogen-bond donors (Lipinski definition) is 5. The number of benzene rings is 2. The molecule has 2 rings (SSSR count). The highest BCUT2D eigenvalue weighted by molar-refractivity contribution is 7.96. The van der Waals surface area contributed by atoms with Gasteiger partial charge in [-0.3, -0.25) is 19.2 Å². The molecule has 2 aromatic carbocycles. The van der Waals surface area contributed by atoms with Gasteiger partial charge in [-0.15, -0.1) is 0 Å². The van der Waals surface area contributed by atoms with E-state index in [1.807, 2.05) is 0 Å². The number of aliphatic carboxylic acids is 1. The fourth-order valence-corrected chi connectivity index (χ4v) is 4.76. The van der Waals surface area contributed by atoms with Crippen molar-refractivity contribution in [3.05, 3.63) is 82.2 Å². The van der Waals surface area contributed by atoms with E-state index >= 15 is 0 Å². The first kappa shape index (κ1) is 39.4. The molecule has 0 spiro atoms. The molecular formula is C32H40ClN5O9S. The number of nitrogens with one attached hydrogen (secondary N) is 4. The predicted octanol–water partition coefficient (Wildman–Crippen LogP) is 2.45. The molecule has 0 aliphatic rings. The van der Waals surface area contributed by atoms with Crippen molar-refractivity contribution in [1.82, 2.24) is 21.3 Å². The maximum absolute atomic E-state index is 13.7. The number of halogens is 1. The summed E-state index contributed by atoms with van der Waals surface area (Å²) < 4.78 is 28.4. The number of carboxylic acids is 1. The number of ether oxygens (including phenoxy) is 1. The number of carbonyl (C=O) groups excluding carboxylic acids is 4. The molecule has 5 N–H and O–H groups in total. The minimum Gasteiger partial charge on any atom is -0.481 e. The maximum Gasteiger partial charge on any atom is 0.408 e. The van der Waals surface area contributed by atoms with Crippen molar-refractivity contribution in [1.29, 1.82) is 0 Å². The topological polar surface area (TPSA) is 209 Å². The van der Waals surface area contributed by atoms with Crippen LogP contribution in [0.5, 0.6) is 0 Å². The van der Waals surface area contributed by atoms with E-state index in [2.05, 4.69) is 26.3 Å². The van der Waals surface area contributed by atoms with Crippen molar-refractivity contribution in [3.8, 4) is 0 Å². The lowest BCUT2D eigenvalue weighted by atomic mass is 10.00. The fraction of sp³-hybridized carbons (Fsp3) is 0.375. The Morgan fingerprint density at radius 2 is 1.50 bits per heavy atom. The summed E-state index contributed by atoms with van der Waals surface area (Å²) in [6.45, 7) is 3.19. The van der Waals surface area contributed by atoms with E-state index in [0.29, 0.717) is 11.1 Å². The van der Waals surface area contributed by atoms with Crippen molar-refractivity contribution in [3.63, 3.8) is 0 Å². The van der Waals surface area contributed by atoms with E-state index in [0.717, 1.165) is 12.3 Å². The minimum atomic E-state index is -3.76. The van der Waals surface area contributed by atoms with E-state index in [9.17, 15) is 37.5 Å². The summed E-state index contributed by atoms with van der Waals surface area (Å²) in [5.41, 5.74) is 0.961. The van der Waals surface area contributed by atoms with Gasteiger partial charge in [0, 0.05) is 25.9 Å². The van der Waals surface area contributed by atoms with Crippen LogP contribution in [0.3, 0.4) is 0 Å². The first-order chi connectivity index (χ1) is 22.6. The van der Waals surface area contributed by atoms with Gasteiger partial charge in [-0.05, 0) is 23.1 Å². The zero-order valence-corrected chi connectivity index (χ0v) is 28.5. The Labute approximate surface area is 284 Å². The number of nitrogens with zero attached hydrogens (tertiary/aromatic N) is 1. The Morgan fingerprint density at radius 1 is 0.896 bits per heavy atom. The van der Waals surface area contributed by atoms with Gasteiger partial charge in [0.25, 0.3) is 0 Å². The molecule has 0 heterocycles. The largest absolute Gasteiger partial charge is 0.481 e. The molecule has 48 heavy (non-hydrogen) atoms. The monoisotopic (exact) mass is 705 g/mol. The van der Waals surface area contributed by atoms with Crippen LogP contribution in [0, 0.1) is 5.92 Å². The number of hydrogen-bond acceptors (Lipinski definition) is 9. The van der Waals surface area contributed by atoms with E-state index in [1.54, 1.807) is 74.5 Å². The summed E-state index contributed by atoms with van der Waals surface area (Å²) in [5.74, 6) is -4.38. The number of amides is 4. The molecule has 0 aromatic heterocycles. The fourth-order valence-electron chi connectivity index (χ4n) is 4.19. The van der Waals surface area contributed by atoms with Crippen LogP contribution in [0.4, 0.5) is 4.79 Å². The van der Waals surface area contributed by atoms with Gasteiger partial charge < -0.3 is 36.1 Å². The van der Waals surface area contributed by atoms with Gasteiger partial charge in [-0.2, -0.15) is 0 Å². The SMILES string of the molecule is C/N=C/C[C@@H](/C=C(\Cl)S(C)(=O)=O)NC(=O)[C@@H](NC(=O)[C@@H](NC(=O)[C@H](CC(=O)O)NC(=O)OCc1ccccc1)c1ccccc1)C(C)C. The molecule has 0 aliphatic heterocycles. The van der Waals surface area contributed by atoms with E-state index in [-0.39, 0.29) is 13.0 Å². The average molecular weight is 706 g/mol. The minimum absolute atomic E-state index is 0.0984. The lowest BCUT2D eigenvalue weighted by molar-refractivity contribution is -0.140. The third-order valence-electron chi connectivity index (χ3n) is 6.68. The van der Waals surface area contributed by atoms with Crippen LogP contribution in [0.1, 0.15) is 43.9 Å². The normalized spacial score (nSPS) is 14.3. The highest BCUT2D eigenvalue weighted by Crippen LogP contribution is 2.16. The van der Waals surface area contributed by atoms with Gasteiger partial charge in [0.2, 0.25) is 17.7 Å². The van der Waals surface area contributed by atoms with Crippen molar-refractivity contribution in [2.75, 3.05) is 13.3 Å². The average Bonchev–Trinajstić information content (AvgIpc) is 3.03. The predicted molar refractivity (Wildman–Crippen MR) is 180 cm³/mol. The highest BCUT2D eigenvalue weighted by atomic mass is 35.5. The summed E-state index contributed by atoms with van der Waals surface area (Å²) in [7, 11) is -2.26. The number of rotatable bonds is 17. The first-order valence-corrected chi connectivity index (χ1v) is 17.0. The molecule has 0 aliphatic carbocycles. The van der Waals surface area contributed by atoms with E-state index in [1.165, 1.54) is 13.3 Å². The van der Waals surface area contributed by atoms with Gasteiger partial charge >= 0.3 is 12.1 Å². The molecule has 0 radical (unpaired) electrons. The van der Waals surface area contributed by atoms with Gasteiger partial charge in [0.1, 0.15) is 29.1 Å². The molecule has 4 amide bonds. The highest BCUT2D eigenvalue weighted by Gasteiger charge is 2.33. The molecule has 2 aromatic rings. The maximum atomic E-state index is 13.7. The Morgan fingerprint density at radius 3 is 2.04 bits per heavy atom. The number of aliphatic imine (C=N–C) groups is 1. The summed E-state index contributed by atoms with van der Waals surface area (Å²) in [6.07, 6.45) is 1.75.